The van der Waals surface area contributed by atoms with Crippen molar-refractivity contribution in [2.45, 2.75) is 50.5 Å². The van der Waals surface area contributed by atoms with E-state index >= 15 is 0 Å². The van der Waals surface area contributed by atoms with Gasteiger partial charge in [-0.05, 0) is 62.6 Å². The first-order valence-electron chi connectivity index (χ1n) is 10.8. The number of hydrogen-bond donors (Lipinski definition) is 1. The van der Waals surface area contributed by atoms with E-state index in [9.17, 15) is 18.0 Å². The normalized spacial score (nSPS) is 17.4. The van der Waals surface area contributed by atoms with Gasteiger partial charge in [0.1, 0.15) is 5.58 Å². The van der Waals surface area contributed by atoms with E-state index in [4.69, 9.17) is 4.42 Å². The molecule has 0 radical (unpaired) electrons. The molecule has 8 heteroatoms. The Morgan fingerprint density at radius 3 is 2.59 bits per heavy atom. The summed E-state index contributed by atoms with van der Waals surface area (Å²) in [6, 6.07) is 12.4. The molecule has 1 atom stereocenters. The molecule has 3 aromatic rings. The van der Waals surface area contributed by atoms with Gasteiger partial charge in [0, 0.05) is 24.3 Å². The minimum absolute atomic E-state index is 0.0210. The van der Waals surface area contributed by atoms with Crippen molar-refractivity contribution >= 4 is 32.6 Å². The minimum atomic E-state index is -3.59. The van der Waals surface area contributed by atoms with Gasteiger partial charge in [0.2, 0.25) is 10.0 Å². The van der Waals surface area contributed by atoms with Crippen molar-refractivity contribution in [3.05, 3.63) is 70.1 Å². The Morgan fingerprint density at radius 2 is 1.88 bits per heavy atom. The lowest BCUT2D eigenvalue weighted by molar-refractivity contribution is 0.0997. The third-order valence-corrected chi connectivity index (χ3v) is 7.84. The molecule has 2 heterocycles. The summed E-state index contributed by atoms with van der Waals surface area (Å²) in [6.07, 6.45) is 3.56. The standard InChI is InChI=1S/C24H26N2O5S/c1-3-18-6-4-5-13-26(18)32(29,30)19-10-8-17(9-11-19)25-24(28)23-15-21(27)20-14-16(2)7-12-22(20)31-23/h7-12,14-15,18H,3-6,13H2,1-2H3,(H,25,28)/t18-/m0/s1. The zero-order valence-electron chi connectivity index (χ0n) is 18.1. The lowest BCUT2D eigenvalue weighted by Gasteiger charge is -2.34. The predicted molar refractivity (Wildman–Crippen MR) is 123 cm³/mol. The number of benzene rings is 2. The van der Waals surface area contributed by atoms with E-state index in [0.29, 0.717) is 23.2 Å². The summed E-state index contributed by atoms with van der Waals surface area (Å²) >= 11 is 0. The van der Waals surface area contributed by atoms with Crippen LogP contribution in [0.4, 0.5) is 5.69 Å². The fourth-order valence-electron chi connectivity index (χ4n) is 4.12. The zero-order valence-corrected chi connectivity index (χ0v) is 18.9. The summed E-state index contributed by atoms with van der Waals surface area (Å²) in [5.74, 6) is -0.690. The van der Waals surface area contributed by atoms with Gasteiger partial charge in [0.25, 0.3) is 5.91 Å². The van der Waals surface area contributed by atoms with E-state index in [-0.39, 0.29) is 22.1 Å². The van der Waals surface area contributed by atoms with E-state index in [1.807, 2.05) is 13.8 Å². The Morgan fingerprint density at radius 1 is 1.12 bits per heavy atom. The van der Waals surface area contributed by atoms with Crippen molar-refractivity contribution in [3.8, 4) is 0 Å². The van der Waals surface area contributed by atoms with Gasteiger partial charge >= 0.3 is 0 Å². The molecule has 1 fully saturated rings. The van der Waals surface area contributed by atoms with Gasteiger partial charge in [0.15, 0.2) is 11.2 Å². The van der Waals surface area contributed by atoms with Crippen molar-refractivity contribution < 1.29 is 17.6 Å². The quantitative estimate of drug-likeness (QED) is 0.620. The summed E-state index contributed by atoms with van der Waals surface area (Å²) in [5, 5.41) is 3.08. The van der Waals surface area contributed by atoms with Gasteiger partial charge in [-0.2, -0.15) is 4.31 Å². The monoisotopic (exact) mass is 454 g/mol. The molecule has 168 valence electrons. The molecule has 1 amide bonds. The fraction of sp³-hybridized carbons (Fsp3) is 0.333. The fourth-order valence-corrected chi connectivity index (χ4v) is 5.89. The van der Waals surface area contributed by atoms with E-state index in [2.05, 4.69) is 5.32 Å². The maximum atomic E-state index is 13.1. The summed E-state index contributed by atoms with van der Waals surface area (Å²) in [5.41, 5.74) is 1.37. The van der Waals surface area contributed by atoms with Gasteiger partial charge in [-0.25, -0.2) is 8.42 Å². The number of carbonyl (C=O) groups excluding carboxylic acids is 1. The van der Waals surface area contributed by atoms with Crippen LogP contribution in [0.15, 0.2) is 62.6 Å². The Labute approximate surface area is 187 Å². The minimum Gasteiger partial charge on any atom is -0.451 e. The Balaban J connectivity index is 1.54. The average molecular weight is 455 g/mol. The number of fused-ring (bicyclic) bond motifs is 1. The first kappa shape index (κ1) is 22.2. The van der Waals surface area contributed by atoms with Crippen LogP contribution in [-0.4, -0.2) is 31.2 Å². The molecule has 2 aromatic carbocycles. The smallest absolute Gasteiger partial charge is 0.291 e. The molecule has 0 spiro atoms. The van der Waals surface area contributed by atoms with Crippen LogP contribution in [0.25, 0.3) is 11.0 Å². The molecule has 0 saturated carbocycles. The van der Waals surface area contributed by atoms with Gasteiger partial charge in [-0.3, -0.25) is 9.59 Å². The van der Waals surface area contributed by atoms with Crippen molar-refractivity contribution in [3.63, 3.8) is 0 Å². The second kappa shape index (κ2) is 8.88. The molecular formula is C24H26N2O5S. The van der Waals surface area contributed by atoms with Crippen molar-refractivity contribution in [1.82, 2.24) is 4.31 Å². The van der Waals surface area contributed by atoms with Crippen LogP contribution < -0.4 is 10.7 Å². The number of amides is 1. The average Bonchev–Trinajstić information content (AvgIpc) is 2.79. The van der Waals surface area contributed by atoms with Crippen molar-refractivity contribution in [1.29, 1.82) is 0 Å². The highest BCUT2D eigenvalue weighted by Crippen LogP contribution is 2.27. The lowest BCUT2D eigenvalue weighted by Crippen LogP contribution is -2.43. The molecule has 0 aliphatic carbocycles. The molecule has 1 aliphatic heterocycles. The number of carbonyl (C=O) groups is 1. The molecule has 7 nitrogen and oxygen atoms in total. The third-order valence-electron chi connectivity index (χ3n) is 5.87. The molecule has 1 N–H and O–H groups in total. The number of nitrogens with zero attached hydrogens (tertiary/aromatic N) is 1. The second-order valence-electron chi connectivity index (χ2n) is 8.13. The van der Waals surface area contributed by atoms with Gasteiger partial charge in [-0.15, -0.1) is 0 Å². The predicted octanol–water partition coefficient (Wildman–Crippen LogP) is 4.31. The van der Waals surface area contributed by atoms with Gasteiger partial charge < -0.3 is 9.73 Å². The lowest BCUT2D eigenvalue weighted by atomic mass is 10.0. The van der Waals surface area contributed by atoms with Gasteiger partial charge in [-0.1, -0.05) is 25.0 Å². The van der Waals surface area contributed by atoms with Gasteiger partial charge in [0.05, 0.1) is 10.3 Å². The van der Waals surface area contributed by atoms with E-state index < -0.39 is 15.9 Å². The first-order valence-corrected chi connectivity index (χ1v) is 12.2. The summed E-state index contributed by atoms with van der Waals surface area (Å²) < 4.78 is 33.4. The van der Waals surface area contributed by atoms with Crippen LogP contribution in [0.2, 0.25) is 0 Å². The maximum Gasteiger partial charge on any atom is 0.291 e. The molecule has 1 aromatic heterocycles. The number of sulfonamides is 1. The Kier molecular flexibility index (Phi) is 6.17. The number of anilines is 1. The van der Waals surface area contributed by atoms with Crippen LogP contribution in [0.1, 0.15) is 48.7 Å². The SMILES string of the molecule is CC[C@H]1CCCCN1S(=O)(=O)c1ccc(NC(=O)c2cc(=O)c3cc(C)ccc3o2)cc1. The molecule has 0 bridgehead atoms. The first-order chi connectivity index (χ1) is 15.3. The number of piperidine rings is 1. The summed E-state index contributed by atoms with van der Waals surface area (Å²) in [7, 11) is -3.59. The largest absolute Gasteiger partial charge is 0.451 e. The van der Waals surface area contributed by atoms with E-state index in [0.717, 1.165) is 37.3 Å². The van der Waals surface area contributed by atoms with E-state index in [1.54, 1.807) is 22.5 Å². The number of nitrogens with one attached hydrogen (secondary N) is 1. The Bertz CT molecular complexity index is 1310. The maximum absolute atomic E-state index is 13.1. The number of rotatable bonds is 5. The molecule has 1 saturated heterocycles. The number of aryl methyl sites for hydroxylation is 1. The topological polar surface area (TPSA) is 96.7 Å². The summed E-state index contributed by atoms with van der Waals surface area (Å²) in [6.45, 7) is 4.40. The van der Waals surface area contributed by atoms with Crippen LogP contribution in [0, 0.1) is 6.92 Å². The highest BCUT2D eigenvalue weighted by Gasteiger charge is 2.32. The summed E-state index contributed by atoms with van der Waals surface area (Å²) in [4.78, 5) is 25.2. The van der Waals surface area contributed by atoms with E-state index in [1.165, 1.54) is 24.3 Å². The highest BCUT2D eigenvalue weighted by atomic mass is 32.2. The second-order valence-corrected chi connectivity index (χ2v) is 10.0. The highest BCUT2D eigenvalue weighted by molar-refractivity contribution is 7.89. The number of hydrogen-bond acceptors (Lipinski definition) is 5. The Hall–Kier alpha value is -2.97. The van der Waals surface area contributed by atoms with Crippen molar-refractivity contribution in [2.75, 3.05) is 11.9 Å². The molecular weight excluding hydrogens is 428 g/mol. The molecule has 1 aliphatic rings. The molecule has 0 unspecified atom stereocenters. The third kappa shape index (κ3) is 4.33. The molecule has 32 heavy (non-hydrogen) atoms. The molecule has 4 rings (SSSR count). The van der Waals surface area contributed by atoms with Crippen LogP contribution in [0.5, 0.6) is 0 Å². The zero-order chi connectivity index (χ0) is 22.9. The van der Waals surface area contributed by atoms with Crippen LogP contribution in [0.3, 0.4) is 0 Å². The van der Waals surface area contributed by atoms with Crippen LogP contribution >= 0.6 is 0 Å². The van der Waals surface area contributed by atoms with Crippen LogP contribution in [-0.2, 0) is 10.0 Å². The van der Waals surface area contributed by atoms with Crippen molar-refractivity contribution in [2.24, 2.45) is 0 Å².